The number of aromatic nitrogens is 1. The maximum absolute atomic E-state index is 13.0. The minimum Gasteiger partial charge on any atom is -0.497 e. The van der Waals surface area contributed by atoms with Gasteiger partial charge in [0.2, 0.25) is 5.91 Å². The Morgan fingerprint density at radius 2 is 1.55 bits per heavy atom. The van der Waals surface area contributed by atoms with Crippen LogP contribution < -0.4 is 20.1 Å². The summed E-state index contributed by atoms with van der Waals surface area (Å²) in [5.41, 5.74) is 5.21. The minimum absolute atomic E-state index is 0.0668. The van der Waals surface area contributed by atoms with Crippen LogP contribution in [-0.2, 0) is 16.3 Å². The van der Waals surface area contributed by atoms with E-state index in [0.29, 0.717) is 0 Å². The van der Waals surface area contributed by atoms with Crippen molar-refractivity contribution in [2.75, 3.05) is 38.4 Å². The number of para-hydroxylation sites is 1. The van der Waals surface area contributed by atoms with Gasteiger partial charge in [-0.05, 0) is 59.7 Å². The predicted molar refractivity (Wildman–Crippen MR) is 178 cm³/mol. The minimum atomic E-state index is -0.0668. The molecule has 0 atom stereocenters. The van der Waals surface area contributed by atoms with Crippen molar-refractivity contribution >= 4 is 56.7 Å². The Morgan fingerprint density at radius 1 is 0.857 bits per heavy atom. The molecule has 0 radical (unpaired) electrons. The highest BCUT2D eigenvalue weighted by Crippen LogP contribution is 2.36. The van der Waals surface area contributed by atoms with E-state index in [1.54, 1.807) is 37.3 Å². The zero-order chi connectivity index (χ0) is 29.1. The summed E-state index contributed by atoms with van der Waals surface area (Å²) in [5, 5.41) is 7.37. The second-order valence-electron chi connectivity index (χ2n) is 9.46. The molecule has 0 aliphatic carbocycles. The molecule has 0 saturated heterocycles. The number of carbonyl (C=O) groups is 1. The van der Waals surface area contributed by atoms with Gasteiger partial charge in [-0.3, -0.25) is 4.79 Å². The van der Waals surface area contributed by atoms with Gasteiger partial charge in [-0.2, -0.15) is 11.8 Å². The average Bonchev–Trinajstić information content (AvgIpc) is 3.47. The molecule has 1 heterocycles. The van der Waals surface area contributed by atoms with Gasteiger partial charge in [0.25, 0.3) is 0 Å². The fraction of sp³-hybridized carbons (Fsp3) is 0.212. The van der Waals surface area contributed by atoms with E-state index < -0.39 is 0 Å². The average molecular weight is 616 g/mol. The first kappa shape index (κ1) is 30.0. The molecular formula is C33H33N3O3S3. The summed E-state index contributed by atoms with van der Waals surface area (Å²) in [6, 6.07) is 30.5. The highest BCUT2D eigenvalue weighted by atomic mass is 32.2. The number of hydrogen-bond donors (Lipinski definition) is 2. The van der Waals surface area contributed by atoms with Crippen molar-refractivity contribution in [3.05, 3.63) is 102 Å². The maximum atomic E-state index is 13.0. The Bertz CT molecular complexity index is 1570. The number of ether oxygens (including phenoxy) is 2. The number of thioether (sulfide) groups is 2. The quantitative estimate of drug-likeness (QED) is 0.0978. The summed E-state index contributed by atoms with van der Waals surface area (Å²) >= 11 is 5.19. The number of rotatable bonds is 14. The molecule has 42 heavy (non-hydrogen) atoms. The van der Waals surface area contributed by atoms with Gasteiger partial charge < -0.3 is 20.1 Å². The van der Waals surface area contributed by atoms with Crippen molar-refractivity contribution in [2.45, 2.75) is 16.4 Å². The highest BCUT2D eigenvalue weighted by molar-refractivity contribution is 7.98. The molecule has 0 bridgehead atoms. The number of benzene rings is 4. The summed E-state index contributed by atoms with van der Waals surface area (Å²) in [6.45, 7) is 0.996. The Morgan fingerprint density at radius 3 is 2.24 bits per heavy atom. The fourth-order valence-corrected chi connectivity index (χ4v) is 6.99. The van der Waals surface area contributed by atoms with Crippen LogP contribution in [0.25, 0.3) is 20.8 Å². The number of fused-ring (bicyclic) bond motifs is 1. The zero-order valence-electron chi connectivity index (χ0n) is 23.6. The highest BCUT2D eigenvalue weighted by Gasteiger charge is 2.13. The molecule has 4 aromatic carbocycles. The van der Waals surface area contributed by atoms with Crippen LogP contribution in [0.1, 0.15) is 11.1 Å². The van der Waals surface area contributed by atoms with E-state index in [1.807, 2.05) is 60.3 Å². The standard InChI is InChI=1S/C33H33N3O3S3/c1-38-26-12-7-23(8-13-26)21-40-18-17-34-20-32(37)35-29-19-25(33-36-28-5-3-4-6-31(28)42-33)11-16-30(29)41-22-24-9-14-27(39-2)15-10-24/h3-16,19,34H,17-18,20-22H2,1-2H3,(H,35,37). The molecule has 0 fully saturated rings. The summed E-state index contributed by atoms with van der Waals surface area (Å²) < 4.78 is 11.6. The van der Waals surface area contributed by atoms with Crippen molar-refractivity contribution < 1.29 is 14.3 Å². The van der Waals surface area contributed by atoms with Crippen LogP contribution in [0.4, 0.5) is 5.69 Å². The van der Waals surface area contributed by atoms with E-state index >= 15 is 0 Å². The van der Waals surface area contributed by atoms with Gasteiger partial charge in [-0.15, -0.1) is 23.1 Å². The Hall–Kier alpha value is -3.50. The van der Waals surface area contributed by atoms with E-state index in [-0.39, 0.29) is 12.5 Å². The number of hydrogen-bond acceptors (Lipinski definition) is 8. The van der Waals surface area contributed by atoms with Crippen LogP contribution in [0, 0.1) is 0 Å². The SMILES string of the molecule is COc1ccc(CSCCNCC(=O)Nc2cc(-c3nc4ccccc4s3)ccc2SCc2ccc(OC)cc2)cc1. The van der Waals surface area contributed by atoms with Gasteiger partial charge in [-0.1, -0.05) is 42.5 Å². The molecule has 0 aliphatic heterocycles. The van der Waals surface area contributed by atoms with E-state index in [2.05, 4.69) is 53.1 Å². The number of nitrogens with one attached hydrogen (secondary N) is 2. The third kappa shape index (κ3) is 8.29. The van der Waals surface area contributed by atoms with Crippen LogP contribution in [-0.4, -0.2) is 44.0 Å². The number of anilines is 1. The number of carbonyl (C=O) groups excluding carboxylic acids is 1. The van der Waals surface area contributed by atoms with Crippen molar-refractivity contribution in [2.24, 2.45) is 0 Å². The molecule has 216 valence electrons. The molecule has 6 nitrogen and oxygen atoms in total. The number of amides is 1. The Balaban J connectivity index is 1.20. The van der Waals surface area contributed by atoms with Crippen molar-refractivity contribution in [1.82, 2.24) is 10.3 Å². The Kier molecular flexibility index (Phi) is 10.8. The first-order valence-corrected chi connectivity index (χ1v) is 16.5. The summed E-state index contributed by atoms with van der Waals surface area (Å²) in [7, 11) is 3.34. The lowest BCUT2D eigenvalue weighted by atomic mass is 10.2. The first-order valence-electron chi connectivity index (χ1n) is 13.6. The molecule has 5 aromatic rings. The van der Waals surface area contributed by atoms with Gasteiger partial charge in [-0.25, -0.2) is 4.98 Å². The number of methoxy groups -OCH3 is 2. The van der Waals surface area contributed by atoms with Crippen LogP contribution in [0.3, 0.4) is 0 Å². The maximum Gasteiger partial charge on any atom is 0.238 e. The van der Waals surface area contributed by atoms with Gasteiger partial charge >= 0.3 is 0 Å². The molecule has 0 spiro atoms. The van der Waals surface area contributed by atoms with Gasteiger partial charge in [0.1, 0.15) is 16.5 Å². The third-order valence-electron chi connectivity index (χ3n) is 6.48. The van der Waals surface area contributed by atoms with Crippen LogP contribution in [0.15, 0.2) is 95.9 Å². The number of nitrogens with zero attached hydrogens (tertiary/aromatic N) is 1. The molecule has 0 aliphatic rings. The zero-order valence-corrected chi connectivity index (χ0v) is 26.0. The smallest absolute Gasteiger partial charge is 0.238 e. The molecule has 5 rings (SSSR count). The van der Waals surface area contributed by atoms with E-state index in [0.717, 1.165) is 66.7 Å². The lowest BCUT2D eigenvalue weighted by molar-refractivity contribution is -0.115. The van der Waals surface area contributed by atoms with Gasteiger partial charge in [0.15, 0.2) is 0 Å². The first-order chi connectivity index (χ1) is 20.6. The Labute approximate surface area is 259 Å². The molecule has 1 amide bonds. The van der Waals surface area contributed by atoms with Crippen LogP contribution >= 0.6 is 34.9 Å². The third-order valence-corrected chi connectivity index (χ3v) is 9.74. The monoisotopic (exact) mass is 615 g/mol. The molecule has 0 unspecified atom stereocenters. The lowest BCUT2D eigenvalue weighted by Crippen LogP contribution is -2.29. The predicted octanol–water partition coefficient (Wildman–Crippen LogP) is 7.73. The molecule has 9 heteroatoms. The summed E-state index contributed by atoms with van der Waals surface area (Å²) in [5.74, 6) is 4.24. The topological polar surface area (TPSA) is 72.5 Å². The molecular weight excluding hydrogens is 583 g/mol. The van der Waals surface area contributed by atoms with Crippen LogP contribution in [0.2, 0.25) is 0 Å². The van der Waals surface area contributed by atoms with E-state index in [4.69, 9.17) is 14.5 Å². The largest absolute Gasteiger partial charge is 0.497 e. The van der Waals surface area contributed by atoms with Crippen LogP contribution in [0.5, 0.6) is 11.5 Å². The second-order valence-corrected chi connectivity index (χ2v) is 12.6. The summed E-state index contributed by atoms with van der Waals surface area (Å²) in [6.07, 6.45) is 0. The normalized spacial score (nSPS) is 11.0. The molecule has 2 N–H and O–H groups in total. The lowest BCUT2D eigenvalue weighted by Gasteiger charge is -2.13. The van der Waals surface area contributed by atoms with Crippen molar-refractivity contribution in [3.8, 4) is 22.1 Å². The fourth-order valence-electron chi connectivity index (χ4n) is 4.22. The van der Waals surface area contributed by atoms with Gasteiger partial charge in [0.05, 0.1) is 36.7 Å². The van der Waals surface area contributed by atoms with E-state index in [1.165, 1.54) is 11.1 Å². The molecule has 1 aromatic heterocycles. The summed E-state index contributed by atoms with van der Waals surface area (Å²) in [4.78, 5) is 18.8. The van der Waals surface area contributed by atoms with Gasteiger partial charge in [0, 0.05) is 34.3 Å². The molecule has 0 saturated carbocycles. The van der Waals surface area contributed by atoms with E-state index in [9.17, 15) is 4.79 Å². The number of thiazole rings is 1. The van der Waals surface area contributed by atoms with Crippen molar-refractivity contribution in [1.29, 1.82) is 0 Å². The second kappa shape index (κ2) is 15.1. The van der Waals surface area contributed by atoms with Crippen molar-refractivity contribution in [3.63, 3.8) is 0 Å².